The third kappa shape index (κ3) is 5.81. The molecule has 0 spiro atoms. The summed E-state index contributed by atoms with van der Waals surface area (Å²) in [6, 6.07) is 11.0. The van der Waals surface area contributed by atoms with Gasteiger partial charge in [-0.1, -0.05) is 23.7 Å². The van der Waals surface area contributed by atoms with Gasteiger partial charge in [-0.15, -0.1) is 0 Å². The van der Waals surface area contributed by atoms with Crippen molar-refractivity contribution in [2.24, 2.45) is 0 Å². The molecule has 4 aromatic rings. The number of amides is 2. The Morgan fingerprint density at radius 2 is 1.95 bits per heavy atom. The number of aromatic nitrogens is 3. The Kier molecular flexibility index (Phi) is 8.06. The molecule has 206 valence electrons. The summed E-state index contributed by atoms with van der Waals surface area (Å²) in [5, 5.41) is 3.37. The quantitative estimate of drug-likeness (QED) is 0.304. The Labute approximate surface area is 234 Å². The number of hydrogen-bond donors (Lipinski definition) is 1. The van der Waals surface area contributed by atoms with Gasteiger partial charge in [0.15, 0.2) is 11.6 Å². The first kappa shape index (κ1) is 27.3. The number of likely N-dealkylation sites (tertiary alicyclic amines) is 1. The predicted octanol–water partition coefficient (Wildman–Crippen LogP) is 4.31. The Bertz CT molecular complexity index is 1580. The molecular weight excluding hydrogens is 537 g/mol. The molecule has 1 aliphatic heterocycles. The van der Waals surface area contributed by atoms with Gasteiger partial charge in [-0.3, -0.25) is 14.4 Å². The molecule has 40 heavy (non-hydrogen) atoms. The summed E-state index contributed by atoms with van der Waals surface area (Å²) in [5.74, 6) is -0.257. The van der Waals surface area contributed by atoms with E-state index in [0.29, 0.717) is 47.4 Å². The second kappa shape index (κ2) is 11.8. The molecule has 2 aromatic heterocycles. The molecule has 0 bridgehead atoms. The summed E-state index contributed by atoms with van der Waals surface area (Å²) in [7, 11) is 0. The summed E-state index contributed by atoms with van der Waals surface area (Å²) in [6.07, 6.45) is 6.10. The van der Waals surface area contributed by atoms with Crippen molar-refractivity contribution >= 4 is 40.1 Å². The lowest BCUT2D eigenvalue weighted by atomic mass is 10.1. The van der Waals surface area contributed by atoms with Gasteiger partial charge >= 0.3 is 0 Å². The van der Waals surface area contributed by atoms with E-state index in [1.165, 1.54) is 13.0 Å². The van der Waals surface area contributed by atoms with Crippen molar-refractivity contribution in [3.05, 3.63) is 88.8 Å². The molecular formula is C29H27ClFN5O4. The number of benzene rings is 2. The van der Waals surface area contributed by atoms with Gasteiger partial charge in [-0.05, 0) is 50.1 Å². The highest BCUT2D eigenvalue weighted by Gasteiger charge is 2.34. The van der Waals surface area contributed by atoms with E-state index in [1.54, 1.807) is 64.5 Å². The molecule has 1 aliphatic rings. The zero-order chi connectivity index (χ0) is 28.2. The molecule has 1 saturated heterocycles. The van der Waals surface area contributed by atoms with E-state index >= 15 is 0 Å². The number of carbonyl (C=O) groups is 3. The zero-order valence-corrected chi connectivity index (χ0v) is 22.5. The van der Waals surface area contributed by atoms with E-state index in [0.717, 1.165) is 0 Å². The number of Topliss-reactive ketones (excluding diaryl/α,β-unsaturated/α-hetero) is 1. The largest absolute Gasteiger partial charge is 0.486 e. The fraction of sp³-hybridized carbons (Fsp3) is 0.276. The summed E-state index contributed by atoms with van der Waals surface area (Å²) in [6.45, 7) is 1.99. The fourth-order valence-electron chi connectivity index (χ4n) is 4.89. The molecule has 0 saturated carbocycles. The minimum atomic E-state index is -0.663. The van der Waals surface area contributed by atoms with Gasteiger partial charge in [0.2, 0.25) is 11.8 Å². The summed E-state index contributed by atoms with van der Waals surface area (Å²) in [5.41, 5.74) is 1.42. The molecule has 11 heteroatoms. The van der Waals surface area contributed by atoms with Gasteiger partial charge < -0.3 is 19.5 Å². The molecule has 2 amide bonds. The number of carbonyl (C=O) groups excluding carboxylic acids is 3. The van der Waals surface area contributed by atoms with Crippen LogP contribution >= 0.6 is 11.6 Å². The lowest BCUT2D eigenvalue weighted by Crippen LogP contribution is -2.46. The van der Waals surface area contributed by atoms with Crippen molar-refractivity contribution in [1.82, 2.24) is 24.8 Å². The Morgan fingerprint density at radius 1 is 1.15 bits per heavy atom. The molecule has 2 aromatic carbocycles. The molecule has 0 radical (unpaired) electrons. The van der Waals surface area contributed by atoms with E-state index < -0.39 is 11.9 Å². The molecule has 1 atom stereocenters. The number of ether oxygens (including phenoxy) is 1. The van der Waals surface area contributed by atoms with E-state index in [2.05, 4.69) is 15.3 Å². The Hall–Kier alpha value is -4.31. The van der Waals surface area contributed by atoms with Crippen LogP contribution in [0.1, 0.15) is 41.5 Å². The number of ketones is 1. The van der Waals surface area contributed by atoms with E-state index in [1.807, 2.05) is 0 Å². The number of hydrogen-bond acceptors (Lipinski definition) is 6. The van der Waals surface area contributed by atoms with Crippen molar-refractivity contribution in [3.8, 4) is 5.75 Å². The minimum Gasteiger partial charge on any atom is -0.486 e. The molecule has 0 unspecified atom stereocenters. The normalized spacial score (nSPS) is 14.9. The van der Waals surface area contributed by atoms with E-state index in [-0.39, 0.29) is 47.9 Å². The summed E-state index contributed by atoms with van der Waals surface area (Å²) >= 11 is 5.83. The second-order valence-corrected chi connectivity index (χ2v) is 9.94. The average molecular weight is 564 g/mol. The summed E-state index contributed by atoms with van der Waals surface area (Å²) in [4.78, 5) is 48.6. The lowest BCUT2D eigenvalue weighted by Gasteiger charge is -2.24. The maximum atomic E-state index is 14.2. The molecule has 5 rings (SSSR count). The number of nitrogens with zero attached hydrogens (tertiary/aromatic N) is 4. The monoisotopic (exact) mass is 563 g/mol. The predicted molar refractivity (Wildman–Crippen MR) is 146 cm³/mol. The zero-order valence-electron chi connectivity index (χ0n) is 21.8. The molecule has 0 aliphatic carbocycles. The van der Waals surface area contributed by atoms with Gasteiger partial charge in [0, 0.05) is 53.7 Å². The van der Waals surface area contributed by atoms with Gasteiger partial charge in [-0.25, -0.2) is 14.4 Å². The smallest absolute Gasteiger partial charge is 0.243 e. The van der Waals surface area contributed by atoms with Crippen LogP contribution in [-0.2, 0) is 29.3 Å². The number of fused-ring (bicyclic) bond motifs is 1. The third-order valence-electron chi connectivity index (χ3n) is 6.89. The SMILES string of the molecule is CC(=O)c1cn(CC(=O)N2CCC[C@H]2C(=O)NCc2cccc(Cl)c2F)c2ccc(OCc3ncccn3)cc12. The maximum absolute atomic E-state index is 14.2. The molecule has 1 fully saturated rings. The van der Waals surface area contributed by atoms with Crippen molar-refractivity contribution in [2.45, 2.75) is 45.5 Å². The van der Waals surface area contributed by atoms with Gasteiger partial charge in [-0.2, -0.15) is 0 Å². The van der Waals surface area contributed by atoms with Crippen molar-refractivity contribution in [1.29, 1.82) is 0 Å². The van der Waals surface area contributed by atoms with Crippen molar-refractivity contribution in [3.63, 3.8) is 0 Å². The van der Waals surface area contributed by atoms with Crippen LogP contribution in [0.25, 0.3) is 10.9 Å². The van der Waals surface area contributed by atoms with Crippen LogP contribution in [-0.4, -0.2) is 49.6 Å². The lowest BCUT2D eigenvalue weighted by molar-refractivity contribution is -0.138. The van der Waals surface area contributed by atoms with Crippen molar-refractivity contribution < 1.29 is 23.5 Å². The first-order valence-electron chi connectivity index (χ1n) is 12.8. The van der Waals surface area contributed by atoms with Crippen LogP contribution in [0.3, 0.4) is 0 Å². The Balaban J connectivity index is 1.29. The van der Waals surface area contributed by atoms with Crippen molar-refractivity contribution in [2.75, 3.05) is 6.54 Å². The third-order valence-corrected chi connectivity index (χ3v) is 7.18. The van der Waals surface area contributed by atoms with Crippen LogP contribution < -0.4 is 10.1 Å². The first-order valence-corrected chi connectivity index (χ1v) is 13.2. The highest BCUT2D eigenvalue weighted by Crippen LogP contribution is 2.28. The van der Waals surface area contributed by atoms with Gasteiger partial charge in [0.25, 0.3) is 0 Å². The fourth-order valence-corrected chi connectivity index (χ4v) is 5.08. The van der Waals surface area contributed by atoms with Gasteiger partial charge in [0.05, 0.1) is 5.02 Å². The highest BCUT2D eigenvalue weighted by molar-refractivity contribution is 6.30. The van der Waals surface area contributed by atoms with E-state index in [9.17, 15) is 18.8 Å². The van der Waals surface area contributed by atoms with E-state index in [4.69, 9.17) is 16.3 Å². The Morgan fingerprint density at radius 3 is 2.73 bits per heavy atom. The maximum Gasteiger partial charge on any atom is 0.243 e. The van der Waals surface area contributed by atoms with Crippen LogP contribution in [0.15, 0.2) is 61.1 Å². The van der Waals surface area contributed by atoms with Crippen LogP contribution in [0.4, 0.5) is 4.39 Å². The minimum absolute atomic E-state index is 0.0165. The topological polar surface area (TPSA) is 106 Å². The molecule has 1 N–H and O–H groups in total. The summed E-state index contributed by atoms with van der Waals surface area (Å²) < 4.78 is 21.8. The van der Waals surface area contributed by atoms with Gasteiger partial charge in [0.1, 0.15) is 30.8 Å². The first-order chi connectivity index (χ1) is 19.3. The van der Waals surface area contributed by atoms with Crippen LogP contribution in [0.5, 0.6) is 5.75 Å². The van der Waals surface area contributed by atoms with Crippen LogP contribution in [0, 0.1) is 5.82 Å². The number of halogens is 2. The molecule has 3 heterocycles. The standard InChI is InChI=1S/C29H27ClFN5O4/c1-18(37)22-15-35(24-9-8-20(13-21(22)24)40-17-26-32-10-4-11-33-26)16-27(38)36-12-3-7-25(36)29(39)34-14-19-5-2-6-23(30)28(19)31/h2,4-6,8-11,13,15,25H,3,7,12,14,16-17H2,1H3,(H,34,39)/t25-/m0/s1. The second-order valence-electron chi connectivity index (χ2n) is 9.54. The highest BCUT2D eigenvalue weighted by atomic mass is 35.5. The number of nitrogens with one attached hydrogen (secondary N) is 1. The average Bonchev–Trinajstić information content (AvgIpc) is 3.59. The number of rotatable bonds is 9. The molecule has 9 nitrogen and oxygen atoms in total. The van der Waals surface area contributed by atoms with Crippen LogP contribution in [0.2, 0.25) is 5.02 Å².